The zero-order valence-corrected chi connectivity index (χ0v) is 10.5. The van der Waals surface area contributed by atoms with E-state index in [4.69, 9.17) is 0 Å². The Bertz CT molecular complexity index is 16.0. The molecule has 0 aromatic rings. The average molecular weight is 154 g/mol. The Balaban J connectivity index is 0. The average Bonchev–Trinajstić information content (AvgIpc) is 0. The van der Waals surface area contributed by atoms with Gasteiger partial charge in [0.05, 0.1) is 0 Å². The van der Waals surface area contributed by atoms with Crippen molar-refractivity contribution in [3.8, 4) is 0 Å². The Hall–Kier alpha value is 3.92. The predicted octanol–water partition coefficient (Wildman–Crippen LogP) is -5.93. The second-order valence-electron chi connectivity index (χ2n) is 0. The van der Waals surface area contributed by atoms with E-state index in [1.165, 1.54) is 0 Å². The van der Waals surface area contributed by atoms with Crippen LogP contribution in [0.1, 0.15) is 5.71 Å². The van der Waals surface area contributed by atoms with Crippen molar-refractivity contribution < 1.29 is 104 Å². The molecule has 0 saturated carbocycles. The summed E-state index contributed by atoms with van der Waals surface area (Å²) in [4.78, 5) is 0. The largest absolute Gasteiger partial charge is 2.00 e. The van der Waals surface area contributed by atoms with Crippen LogP contribution in [0.4, 0.5) is 0 Å². The maximum Gasteiger partial charge on any atom is 2.00 e. The molecule has 0 aliphatic carbocycles. The van der Waals surface area contributed by atoms with Gasteiger partial charge in [0.15, 0.2) is 0 Å². The third-order valence-electron chi connectivity index (χ3n) is 0. The molecule has 4 heavy (non-hydrogen) atoms. The molecule has 0 aliphatic rings. The molecule has 0 rings (SSSR count). The second kappa shape index (κ2) is 15.8. The third-order valence-corrected chi connectivity index (χ3v) is 0. The molecule has 0 unspecified atom stereocenters. The molecular weight excluding hydrogens is 150 g/mol. The van der Waals surface area contributed by atoms with Gasteiger partial charge in [-0.3, -0.25) is 0 Å². The van der Waals surface area contributed by atoms with Crippen LogP contribution in [-0.2, 0) is 17.1 Å². The first-order valence-electron chi connectivity index (χ1n) is 0. The molecule has 1 radical (unpaired) electrons. The van der Waals surface area contributed by atoms with Crippen molar-refractivity contribution >= 4 is 23.1 Å². The number of hydrogen-bond donors (Lipinski definition) is 0. The van der Waals surface area contributed by atoms with Gasteiger partial charge in [-0.2, -0.15) is 0 Å². The molecule has 0 fully saturated rings. The van der Waals surface area contributed by atoms with Crippen molar-refractivity contribution in [2.24, 2.45) is 0 Å². The van der Waals surface area contributed by atoms with Crippen molar-refractivity contribution in [1.29, 1.82) is 0 Å². The summed E-state index contributed by atoms with van der Waals surface area (Å²) in [6, 6.07) is 0. The van der Waals surface area contributed by atoms with E-state index < -0.39 is 0 Å². The Morgan fingerprint density at radius 2 is 1.25 bits per heavy atom. The SMILES string of the molecule is [Cu].[H-].[H-].[H-].[H-].[K+].[Mg+2].[Na+]. The summed E-state index contributed by atoms with van der Waals surface area (Å²) >= 11 is 0. The van der Waals surface area contributed by atoms with Crippen LogP contribution >= 0.6 is 0 Å². The van der Waals surface area contributed by atoms with Crippen LogP contribution < -0.4 is 80.9 Å². The van der Waals surface area contributed by atoms with Gasteiger partial charge in [0, 0.05) is 17.1 Å². The summed E-state index contributed by atoms with van der Waals surface area (Å²) in [7, 11) is 0. The maximum atomic E-state index is 0. The molecule has 0 N–H and O–H groups in total. The first-order valence-corrected chi connectivity index (χ1v) is 0. The monoisotopic (exact) mass is 153 g/mol. The molecule has 4 heteroatoms. The molecule has 0 atom stereocenters. The number of hydrogen-bond acceptors (Lipinski definition) is 0. The number of rotatable bonds is 0. The molecule has 19 valence electrons. The Morgan fingerprint density at radius 1 is 1.25 bits per heavy atom. The first kappa shape index (κ1) is 24.7. The van der Waals surface area contributed by atoms with Gasteiger partial charge in [-0.1, -0.05) is 0 Å². The Morgan fingerprint density at radius 3 is 1.25 bits per heavy atom. The molecule has 0 amide bonds. The minimum atomic E-state index is 0. The first-order chi connectivity index (χ1) is 0. The van der Waals surface area contributed by atoms with E-state index in [0.717, 1.165) is 0 Å². The minimum absolute atomic E-state index is 0. The van der Waals surface area contributed by atoms with E-state index in [1.807, 2.05) is 0 Å². The molecule has 0 aliphatic heterocycles. The van der Waals surface area contributed by atoms with Crippen molar-refractivity contribution in [2.45, 2.75) is 0 Å². The fraction of sp³-hybridized carbons (Fsp3) is 0. The summed E-state index contributed by atoms with van der Waals surface area (Å²) in [6.45, 7) is 0. The molecule has 0 bridgehead atoms. The molecule has 0 saturated heterocycles. The van der Waals surface area contributed by atoms with Gasteiger partial charge >= 0.3 is 104 Å². The van der Waals surface area contributed by atoms with Crippen LogP contribution in [0.2, 0.25) is 0 Å². The van der Waals surface area contributed by atoms with Gasteiger partial charge < -0.3 is 5.71 Å². The van der Waals surface area contributed by atoms with E-state index >= 15 is 0 Å². The van der Waals surface area contributed by atoms with Gasteiger partial charge in [0.2, 0.25) is 0 Å². The Labute approximate surface area is 124 Å². The molecule has 0 aromatic carbocycles. The van der Waals surface area contributed by atoms with E-state index in [1.54, 1.807) is 0 Å². The summed E-state index contributed by atoms with van der Waals surface area (Å²) in [5.41, 5.74) is 0. The van der Waals surface area contributed by atoms with Gasteiger partial charge in [-0.25, -0.2) is 0 Å². The molecular formula is H4CuKMgNa. The van der Waals surface area contributed by atoms with Crippen LogP contribution in [0.25, 0.3) is 0 Å². The topological polar surface area (TPSA) is 0 Å². The summed E-state index contributed by atoms with van der Waals surface area (Å²) in [5.74, 6) is 0. The standard InChI is InChI=1S/Cu.K.Mg.Na.4H/q;+1;+2;+1;4*-1. The van der Waals surface area contributed by atoms with Gasteiger partial charge in [0.25, 0.3) is 0 Å². The van der Waals surface area contributed by atoms with Crippen LogP contribution in [-0.4, -0.2) is 23.1 Å². The van der Waals surface area contributed by atoms with E-state index in [2.05, 4.69) is 0 Å². The fourth-order valence-electron chi connectivity index (χ4n) is 0. The van der Waals surface area contributed by atoms with Gasteiger partial charge in [-0.05, 0) is 0 Å². The van der Waals surface area contributed by atoms with E-state index in [9.17, 15) is 0 Å². The van der Waals surface area contributed by atoms with Crippen LogP contribution in [0, 0.1) is 0 Å². The quantitative estimate of drug-likeness (QED) is 0.305. The zero-order valence-electron chi connectivity index (χ0n) is 7.01. The smallest absolute Gasteiger partial charge is 1.00 e. The Kier molecular flexibility index (Phi) is 97.4. The minimum Gasteiger partial charge on any atom is -1.00 e. The van der Waals surface area contributed by atoms with Crippen LogP contribution in [0.15, 0.2) is 0 Å². The van der Waals surface area contributed by atoms with Crippen molar-refractivity contribution in [3.05, 3.63) is 0 Å². The predicted molar refractivity (Wildman–Crippen MR) is 10.2 cm³/mol. The summed E-state index contributed by atoms with van der Waals surface area (Å²) in [5, 5.41) is 0. The zero-order chi connectivity index (χ0) is 0. The summed E-state index contributed by atoms with van der Waals surface area (Å²) in [6.07, 6.45) is 0. The molecule has 0 spiro atoms. The fourth-order valence-corrected chi connectivity index (χ4v) is 0. The third kappa shape index (κ3) is 9.33. The normalized spacial score (nSPS) is 0. The molecule has 0 aromatic heterocycles. The van der Waals surface area contributed by atoms with Gasteiger partial charge in [-0.15, -0.1) is 0 Å². The van der Waals surface area contributed by atoms with Crippen molar-refractivity contribution in [2.75, 3.05) is 0 Å². The van der Waals surface area contributed by atoms with Crippen molar-refractivity contribution in [3.63, 3.8) is 0 Å². The van der Waals surface area contributed by atoms with Crippen LogP contribution in [0.3, 0.4) is 0 Å². The molecule has 0 heterocycles. The maximum absolute atomic E-state index is 0. The van der Waals surface area contributed by atoms with E-state index in [-0.39, 0.29) is 127 Å². The molecule has 0 nitrogen and oxygen atoms in total. The van der Waals surface area contributed by atoms with Crippen molar-refractivity contribution in [1.82, 2.24) is 0 Å². The van der Waals surface area contributed by atoms with E-state index in [0.29, 0.717) is 0 Å². The second-order valence-corrected chi connectivity index (χ2v) is 0. The summed E-state index contributed by atoms with van der Waals surface area (Å²) < 4.78 is 0. The van der Waals surface area contributed by atoms with Gasteiger partial charge in [0.1, 0.15) is 0 Å². The van der Waals surface area contributed by atoms with Crippen LogP contribution in [0.5, 0.6) is 0 Å².